The molecule has 0 radical (unpaired) electrons. The highest BCUT2D eigenvalue weighted by molar-refractivity contribution is 5.96. The first-order valence-electron chi connectivity index (χ1n) is 8.96. The molecular formula is C22H22N4. The molecule has 3 aromatic carbocycles. The Balaban J connectivity index is 1.67. The molecule has 0 saturated carbocycles. The molecule has 1 heterocycles. The van der Waals surface area contributed by atoms with Gasteiger partial charge >= 0.3 is 0 Å². The zero-order chi connectivity index (χ0) is 17.9. The van der Waals surface area contributed by atoms with Crippen LogP contribution < -0.4 is 10.2 Å². The van der Waals surface area contributed by atoms with Crippen molar-refractivity contribution in [2.75, 3.05) is 43.4 Å². The first kappa shape index (κ1) is 16.4. The van der Waals surface area contributed by atoms with Crippen LogP contribution in [0.2, 0.25) is 0 Å². The van der Waals surface area contributed by atoms with Crippen LogP contribution in [0.3, 0.4) is 0 Å². The summed E-state index contributed by atoms with van der Waals surface area (Å²) in [5.41, 5.74) is 3.92. The summed E-state index contributed by atoms with van der Waals surface area (Å²) in [5.74, 6) is 0. The molecule has 0 bridgehead atoms. The van der Waals surface area contributed by atoms with Crippen molar-refractivity contribution in [3.63, 3.8) is 0 Å². The summed E-state index contributed by atoms with van der Waals surface area (Å²) in [6.07, 6.45) is 0. The molecule has 1 aliphatic rings. The smallest absolute Gasteiger partial charge is 0.0992 e. The Bertz CT molecular complexity index is 965. The number of likely N-dealkylation sites (N-methyl/N-ethyl adjacent to an activating group) is 1. The number of nitrogens with one attached hydrogen (secondary N) is 1. The number of hydrogen-bond acceptors (Lipinski definition) is 4. The Labute approximate surface area is 154 Å². The zero-order valence-corrected chi connectivity index (χ0v) is 14.9. The normalized spacial score (nSPS) is 15.0. The van der Waals surface area contributed by atoms with E-state index in [4.69, 9.17) is 5.26 Å². The number of rotatable bonds is 3. The lowest BCUT2D eigenvalue weighted by Gasteiger charge is -2.34. The van der Waals surface area contributed by atoms with E-state index < -0.39 is 0 Å². The monoisotopic (exact) mass is 342 g/mol. The van der Waals surface area contributed by atoms with Crippen molar-refractivity contribution >= 4 is 27.8 Å². The van der Waals surface area contributed by atoms with Crippen LogP contribution in [-0.4, -0.2) is 38.1 Å². The minimum Gasteiger partial charge on any atom is -0.368 e. The van der Waals surface area contributed by atoms with E-state index >= 15 is 0 Å². The minimum atomic E-state index is 0.661. The van der Waals surface area contributed by atoms with Gasteiger partial charge in [-0.1, -0.05) is 24.3 Å². The van der Waals surface area contributed by atoms with Crippen LogP contribution in [0.25, 0.3) is 10.8 Å². The van der Waals surface area contributed by atoms with Crippen LogP contribution in [0, 0.1) is 11.3 Å². The Morgan fingerprint density at radius 3 is 2.46 bits per heavy atom. The molecule has 4 nitrogen and oxygen atoms in total. The van der Waals surface area contributed by atoms with Crippen LogP contribution in [0.1, 0.15) is 5.56 Å². The highest BCUT2D eigenvalue weighted by Crippen LogP contribution is 2.31. The lowest BCUT2D eigenvalue weighted by Crippen LogP contribution is -2.44. The van der Waals surface area contributed by atoms with Crippen molar-refractivity contribution in [2.45, 2.75) is 0 Å². The maximum absolute atomic E-state index is 9.08. The summed E-state index contributed by atoms with van der Waals surface area (Å²) >= 11 is 0. The van der Waals surface area contributed by atoms with E-state index in [1.165, 1.54) is 16.5 Å². The Kier molecular flexibility index (Phi) is 4.47. The topological polar surface area (TPSA) is 42.3 Å². The molecule has 1 fully saturated rings. The van der Waals surface area contributed by atoms with Crippen molar-refractivity contribution in [1.29, 1.82) is 5.26 Å². The van der Waals surface area contributed by atoms with Crippen LogP contribution in [0.15, 0.2) is 60.7 Å². The van der Waals surface area contributed by atoms with Gasteiger partial charge in [-0.15, -0.1) is 0 Å². The van der Waals surface area contributed by atoms with Crippen LogP contribution >= 0.6 is 0 Å². The summed E-state index contributed by atoms with van der Waals surface area (Å²) in [5, 5.41) is 15.0. The fraction of sp³-hybridized carbons (Fsp3) is 0.227. The number of anilines is 3. The predicted octanol–water partition coefficient (Wildman–Crippen LogP) is 4.21. The molecule has 1 saturated heterocycles. The lowest BCUT2D eigenvalue weighted by molar-refractivity contribution is 0.313. The van der Waals surface area contributed by atoms with E-state index in [-0.39, 0.29) is 0 Å². The van der Waals surface area contributed by atoms with Crippen molar-refractivity contribution < 1.29 is 0 Å². The van der Waals surface area contributed by atoms with Gasteiger partial charge in [-0.05, 0) is 48.8 Å². The van der Waals surface area contributed by atoms with Crippen LogP contribution in [0.4, 0.5) is 17.1 Å². The molecule has 0 unspecified atom stereocenters. The standard InChI is InChI=1S/C22H22N4/c1-25-10-12-26(13-11-25)22-7-3-5-18-8-9-20(15-21(18)22)24-19-6-2-4-17(14-19)16-23/h2-9,14-15,24H,10-13H2,1H3. The zero-order valence-electron chi connectivity index (χ0n) is 14.9. The predicted molar refractivity (Wildman–Crippen MR) is 108 cm³/mol. The van der Waals surface area contributed by atoms with Crippen LogP contribution in [0.5, 0.6) is 0 Å². The summed E-state index contributed by atoms with van der Waals surface area (Å²) in [4.78, 5) is 4.85. The molecule has 0 aromatic heterocycles. The van der Waals surface area contributed by atoms with Crippen LogP contribution in [-0.2, 0) is 0 Å². The van der Waals surface area contributed by atoms with E-state index in [0.29, 0.717) is 5.56 Å². The third-order valence-electron chi connectivity index (χ3n) is 4.98. The molecule has 0 atom stereocenters. The van der Waals surface area contributed by atoms with E-state index in [1.54, 1.807) is 0 Å². The summed E-state index contributed by atoms with van der Waals surface area (Å²) < 4.78 is 0. The maximum atomic E-state index is 9.08. The molecule has 1 aliphatic heterocycles. The second-order valence-electron chi connectivity index (χ2n) is 6.82. The molecule has 1 N–H and O–H groups in total. The second kappa shape index (κ2) is 7.07. The van der Waals surface area contributed by atoms with Gasteiger partial charge in [0.2, 0.25) is 0 Å². The molecule has 4 heteroatoms. The highest BCUT2D eigenvalue weighted by atomic mass is 15.2. The molecule has 26 heavy (non-hydrogen) atoms. The molecule has 0 aliphatic carbocycles. The first-order chi connectivity index (χ1) is 12.7. The van der Waals surface area contributed by atoms with E-state index in [9.17, 15) is 0 Å². The van der Waals surface area contributed by atoms with E-state index in [1.807, 2.05) is 24.3 Å². The number of piperazine rings is 1. The van der Waals surface area contributed by atoms with Crippen molar-refractivity contribution in [2.24, 2.45) is 0 Å². The van der Waals surface area contributed by atoms with Gasteiger partial charge in [0.25, 0.3) is 0 Å². The van der Waals surface area contributed by atoms with Gasteiger partial charge in [-0.2, -0.15) is 5.26 Å². The lowest BCUT2D eigenvalue weighted by atomic mass is 10.1. The summed E-state index contributed by atoms with van der Waals surface area (Å²) in [7, 11) is 2.18. The summed E-state index contributed by atoms with van der Waals surface area (Å²) in [6, 6.07) is 22.7. The average Bonchev–Trinajstić information content (AvgIpc) is 2.68. The average molecular weight is 342 g/mol. The minimum absolute atomic E-state index is 0.661. The van der Waals surface area contributed by atoms with Gasteiger partial charge in [0, 0.05) is 48.6 Å². The number of fused-ring (bicyclic) bond motifs is 1. The number of nitrogens with zero attached hydrogens (tertiary/aromatic N) is 3. The number of benzene rings is 3. The maximum Gasteiger partial charge on any atom is 0.0992 e. The third-order valence-corrected chi connectivity index (χ3v) is 4.98. The first-order valence-corrected chi connectivity index (χ1v) is 8.96. The van der Waals surface area contributed by atoms with Gasteiger partial charge < -0.3 is 15.1 Å². The quantitative estimate of drug-likeness (QED) is 0.774. The molecule has 3 aromatic rings. The van der Waals surface area contributed by atoms with Gasteiger partial charge in [-0.25, -0.2) is 0 Å². The SMILES string of the molecule is CN1CCN(c2cccc3ccc(Nc4cccc(C#N)c4)cc23)CC1. The Hall–Kier alpha value is -3.03. The van der Waals surface area contributed by atoms with E-state index in [0.717, 1.165) is 37.6 Å². The fourth-order valence-corrected chi connectivity index (χ4v) is 3.49. The summed E-state index contributed by atoms with van der Waals surface area (Å²) in [6.45, 7) is 4.29. The molecular weight excluding hydrogens is 320 g/mol. The van der Waals surface area contributed by atoms with Gasteiger partial charge in [-0.3, -0.25) is 0 Å². The highest BCUT2D eigenvalue weighted by Gasteiger charge is 2.16. The molecule has 0 amide bonds. The largest absolute Gasteiger partial charge is 0.368 e. The van der Waals surface area contributed by atoms with E-state index in [2.05, 4.69) is 64.6 Å². The Morgan fingerprint density at radius 2 is 1.65 bits per heavy atom. The molecule has 0 spiro atoms. The van der Waals surface area contributed by atoms with Gasteiger partial charge in [0.1, 0.15) is 0 Å². The number of hydrogen-bond donors (Lipinski definition) is 1. The Morgan fingerprint density at radius 1 is 0.885 bits per heavy atom. The second-order valence-corrected chi connectivity index (χ2v) is 6.82. The fourth-order valence-electron chi connectivity index (χ4n) is 3.49. The van der Waals surface area contributed by atoms with Crippen molar-refractivity contribution in [3.05, 3.63) is 66.2 Å². The van der Waals surface area contributed by atoms with Gasteiger partial charge in [0.05, 0.1) is 11.6 Å². The van der Waals surface area contributed by atoms with Gasteiger partial charge in [0.15, 0.2) is 0 Å². The third kappa shape index (κ3) is 3.35. The molecule has 130 valence electrons. The van der Waals surface area contributed by atoms with Crippen molar-refractivity contribution in [3.8, 4) is 6.07 Å². The van der Waals surface area contributed by atoms with Crippen molar-refractivity contribution in [1.82, 2.24) is 4.90 Å². The molecule has 4 rings (SSSR count). The number of nitriles is 1.